The Morgan fingerprint density at radius 2 is 2.11 bits per heavy atom. The van der Waals surface area contributed by atoms with E-state index >= 15 is 0 Å². The van der Waals surface area contributed by atoms with Gasteiger partial charge in [0.25, 0.3) is 0 Å². The molecule has 4 nitrogen and oxygen atoms in total. The molecule has 1 heterocycles. The highest BCUT2D eigenvalue weighted by Crippen LogP contribution is 2.26. The Morgan fingerprint density at radius 1 is 1.42 bits per heavy atom. The van der Waals surface area contributed by atoms with Gasteiger partial charge in [-0.15, -0.1) is 0 Å². The number of carbonyl (C=O) groups excluding carboxylic acids is 1. The minimum Gasteiger partial charge on any atom is -0.330 e. The number of ketones is 1. The van der Waals surface area contributed by atoms with E-state index in [4.69, 9.17) is 5.73 Å². The molecule has 0 unspecified atom stereocenters. The van der Waals surface area contributed by atoms with Gasteiger partial charge in [-0.05, 0) is 37.3 Å². The van der Waals surface area contributed by atoms with E-state index in [-0.39, 0.29) is 11.2 Å². The van der Waals surface area contributed by atoms with Gasteiger partial charge in [-0.3, -0.25) is 9.48 Å². The van der Waals surface area contributed by atoms with Gasteiger partial charge in [0.2, 0.25) is 0 Å². The quantitative estimate of drug-likeness (QED) is 0.784. The van der Waals surface area contributed by atoms with Crippen LogP contribution in [0.15, 0.2) is 6.07 Å². The van der Waals surface area contributed by atoms with Crippen molar-refractivity contribution in [3.8, 4) is 0 Å². The third-order valence-electron chi connectivity index (χ3n) is 3.67. The summed E-state index contributed by atoms with van der Waals surface area (Å²) < 4.78 is 1.82. The number of nitrogens with zero attached hydrogens (tertiary/aromatic N) is 2. The molecule has 108 valence electrons. The second kappa shape index (κ2) is 6.85. The molecular weight excluding hydrogens is 238 g/mol. The second-order valence-electron chi connectivity index (χ2n) is 6.02. The number of aryl methyl sites for hydroxylation is 2. The molecule has 1 aromatic rings. The van der Waals surface area contributed by atoms with E-state index in [9.17, 15) is 4.79 Å². The topological polar surface area (TPSA) is 60.9 Å². The second-order valence-corrected chi connectivity index (χ2v) is 6.02. The van der Waals surface area contributed by atoms with Crippen LogP contribution in [0.2, 0.25) is 0 Å². The van der Waals surface area contributed by atoms with Gasteiger partial charge in [-0.1, -0.05) is 20.8 Å². The van der Waals surface area contributed by atoms with Crippen LogP contribution in [0.3, 0.4) is 0 Å². The van der Waals surface area contributed by atoms with Crippen molar-refractivity contribution < 1.29 is 4.79 Å². The Hall–Kier alpha value is -1.16. The molecule has 0 bridgehead atoms. The number of hydrogen-bond donors (Lipinski definition) is 1. The highest BCUT2D eigenvalue weighted by atomic mass is 16.1. The molecule has 0 aromatic carbocycles. The monoisotopic (exact) mass is 265 g/mol. The smallest absolute Gasteiger partial charge is 0.138 e. The zero-order chi connectivity index (χ0) is 14.5. The van der Waals surface area contributed by atoms with Crippen LogP contribution in [-0.4, -0.2) is 22.1 Å². The van der Waals surface area contributed by atoms with E-state index in [1.54, 1.807) is 0 Å². The van der Waals surface area contributed by atoms with Crippen LogP contribution in [0.4, 0.5) is 0 Å². The lowest BCUT2D eigenvalue weighted by Gasteiger charge is -2.23. The van der Waals surface area contributed by atoms with E-state index in [1.165, 1.54) is 0 Å². The minimum atomic E-state index is 0.158. The molecule has 0 amide bonds. The summed E-state index contributed by atoms with van der Waals surface area (Å²) in [6.07, 6.45) is 3.89. The van der Waals surface area contributed by atoms with Crippen LogP contribution in [0.5, 0.6) is 0 Å². The fourth-order valence-electron chi connectivity index (χ4n) is 2.19. The van der Waals surface area contributed by atoms with Crippen LogP contribution in [0.25, 0.3) is 0 Å². The molecule has 0 saturated heterocycles. The lowest BCUT2D eigenvalue weighted by Crippen LogP contribution is -2.19. The maximum absolute atomic E-state index is 12.0. The zero-order valence-corrected chi connectivity index (χ0v) is 12.7. The normalized spacial score (nSPS) is 11.8. The van der Waals surface area contributed by atoms with Crippen LogP contribution in [0.1, 0.15) is 51.4 Å². The first-order valence-electron chi connectivity index (χ1n) is 7.11. The van der Waals surface area contributed by atoms with Crippen LogP contribution in [-0.2, 0) is 24.7 Å². The van der Waals surface area contributed by atoms with Crippen LogP contribution >= 0.6 is 0 Å². The largest absolute Gasteiger partial charge is 0.330 e. The van der Waals surface area contributed by atoms with Gasteiger partial charge in [-0.2, -0.15) is 5.10 Å². The Balaban J connectivity index is 2.49. The van der Waals surface area contributed by atoms with Crippen molar-refractivity contribution in [2.24, 2.45) is 18.2 Å². The molecule has 0 atom stereocenters. The predicted molar refractivity (Wildman–Crippen MR) is 78.0 cm³/mol. The molecule has 4 heteroatoms. The standard InChI is InChI=1S/C15H27N3O/c1-5-12-10-13(18(4)17-12)11-14(19)6-7-15(2,3)8-9-16/h10H,5-9,11,16H2,1-4H3. The average Bonchev–Trinajstić information content (AvgIpc) is 2.68. The SMILES string of the molecule is CCc1cc(CC(=O)CCC(C)(C)CCN)n(C)n1. The maximum Gasteiger partial charge on any atom is 0.138 e. The van der Waals surface area contributed by atoms with Gasteiger partial charge < -0.3 is 5.73 Å². The zero-order valence-electron chi connectivity index (χ0n) is 12.7. The number of aromatic nitrogens is 2. The lowest BCUT2D eigenvalue weighted by atomic mass is 9.83. The summed E-state index contributed by atoms with van der Waals surface area (Å²) >= 11 is 0. The third-order valence-corrected chi connectivity index (χ3v) is 3.67. The fraction of sp³-hybridized carbons (Fsp3) is 0.733. The Kier molecular flexibility index (Phi) is 5.73. The Labute approximate surface area is 116 Å². The van der Waals surface area contributed by atoms with E-state index in [1.807, 2.05) is 17.8 Å². The number of carbonyl (C=O) groups is 1. The summed E-state index contributed by atoms with van der Waals surface area (Å²) in [5.41, 5.74) is 7.81. The van der Waals surface area contributed by atoms with Crippen molar-refractivity contribution >= 4 is 5.78 Å². The van der Waals surface area contributed by atoms with E-state index in [0.29, 0.717) is 19.4 Å². The molecule has 19 heavy (non-hydrogen) atoms. The number of nitrogens with two attached hydrogens (primary N) is 1. The summed E-state index contributed by atoms with van der Waals surface area (Å²) in [6, 6.07) is 2.03. The van der Waals surface area contributed by atoms with E-state index in [2.05, 4.69) is 25.9 Å². The minimum absolute atomic E-state index is 0.158. The van der Waals surface area contributed by atoms with Crippen molar-refractivity contribution in [1.29, 1.82) is 0 Å². The van der Waals surface area contributed by atoms with Gasteiger partial charge in [0.05, 0.1) is 5.69 Å². The molecule has 0 spiro atoms. The van der Waals surface area contributed by atoms with Gasteiger partial charge in [0.1, 0.15) is 5.78 Å². The Bertz CT molecular complexity index is 421. The number of Topliss-reactive ketones (excluding diaryl/α,β-unsaturated/α-hetero) is 1. The first-order chi connectivity index (χ1) is 8.88. The molecule has 0 aliphatic heterocycles. The van der Waals surface area contributed by atoms with Crippen molar-refractivity contribution in [1.82, 2.24) is 9.78 Å². The summed E-state index contributed by atoms with van der Waals surface area (Å²) in [6.45, 7) is 7.10. The highest BCUT2D eigenvalue weighted by molar-refractivity contribution is 5.80. The molecule has 1 rings (SSSR count). The molecule has 0 aliphatic carbocycles. The van der Waals surface area contributed by atoms with Gasteiger partial charge in [-0.25, -0.2) is 0 Å². The van der Waals surface area contributed by atoms with Crippen molar-refractivity contribution in [2.45, 2.75) is 52.9 Å². The molecule has 0 aliphatic rings. The van der Waals surface area contributed by atoms with Gasteiger partial charge >= 0.3 is 0 Å². The van der Waals surface area contributed by atoms with Crippen molar-refractivity contribution in [3.05, 3.63) is 17.5 Å². The first kappa shape index (κ1) is 15.9. The first-order valence-corrected chi connectivity index (χ1v) is 7.11. The van der Waals surface area contributed by atoms with Crippen molar-refractivity contribution in [3.63, 3.8) is 0 Å². The number of hydrogen-bond acceptors (Lipinski definition) is 3. The van der Waals surface area contributed by atoms with Crippen LogP contribution < -0.4 is 5.73 Å². The summed E-state index contributed by atoms with van der Waals surface area (Å²) in [7, 11) is 1.90. The third kappa shape index (κ3) is 5.15. The number of rotatable bonds is 8. The molecule has 1 aromatic heterocycles. The summed E-state index contributed by atoms with van der Waals surface area (Å²) in [5, 5.41) is 4.37. The lowest BCUT2D eigenvalue weighted by molar-refractivity contribution is -0.119. The van der Waals surface area contributed by atoms with Gasteiger partial charge in [0.15, 0.2) is 0 Å². The summed E-state index contributed by atoms with van der Waals surface area (Å²) in [4.78, 5) is 12.0. The van der Waals surface area contributed by atoms with Crippen LogP contribution in [0, 0.1) is 5.41 Å². The fourth-order valence-corrected chi connectivity index (χ4v) is 2.19. The molecule has 0 saturated carbocycles. The maximum atomic E-state index is 12.0. The molecule has 2 N–H and O–H groups in total. The average molecular weight is 265 g/mol. The van der Waals surface area contributed by atoms with E-state index < -0.39 is 0 Å². The van der Waals surface area contributed by atoms with E-state index in [0.717, 1.165) is 30.7 Å². The van der Waals surface area contributed by atoms with Gasteiger partial charge in [0, 0.05) is 25.6 Å². The molecule has 0 radical (unpaired) electrons. The predicted octanol–water partition coefficient (Wildman–Crippen LogP) is 2.25. The van der Waals surface area contributed by atoms with Crippen molar-refractivity contribution in [2.75, 3.05) is 6.54 Å². The molecular formula is C15H27N3O. The highest BCUT2D eigenvalue weighted by Gasteiger charge is 2.19. The Morgan fingerprint density at radius 3 is 2.63 bits per heavy atom. The summed E-state index contributed by atoms with van der Waals surface area (Å²) in [5.74, 6) is 0.288. The molecule has 0 fully saturated rings.